The second kappa shape index (κ2) is 9.02. The number of aliphatic imine (C=N–C) groups is 1. The van der Waals surface area contributed by atoms with Crippen molar-refractivity contribution in [2.24, 2.45) is 10.7 Å². The van der Waals surface area contributed by atoms with E-state index < -0.39 is 11.4 Å². The van der Waals surface area contributed by atoms with Gasteiger partial charge in [-0.3, -0.25) is 14.6 Å². The van der Waals surface area contributed by atoms with Crippen molar-refractivity contribution in [1.82, 2.24) is 5.32 Å². The van der Waals surface area contributed by atoms with Gasteiger partial charge in [0.1, 0.15) is 5.54 Å². The van der Waals surface area contributed by atoms with E-state index in [9.17, 15) is 9.59 Å². The minimum atomic E-state index is -1.23. The Balaban J connectivity index is 1.60. The van der Waals surface area contributed by atoms with Gasteiger partial charge in [-0.25, -0.2) is 0 Å². The highest BCUT2D eigenvalue weighted by Crippen LogP contribution is 2.24. The summed E-state index contributed by atoms with van der Waals surface area (Å²) in [6, 6.07) is 26.8. The summed E-state index contributed by atoms with van der Waals surface area (Å²) >= 11 is 0. The Kier molecular flexibility index (Phi) is 5.99. The molecule has 0 radical (unpaired) electrons. The number of nitrogens with two attached hydrogens (primary N) is 1. The van der Waals surface area contributed by atoms with E-state index in [2.05, 4.69) is 10.3 Å². The summed E-state index contributed by atoms with van der Waals surface area (Å²) in [5, 5.41) is 2.88. The number of amides is 2. The molecule has 5 nitrogen and oxygen atoms in total. The van der Waals surface area contributed by atoms with E-state index in [-0.39, 0.29) is 5.91 Å². The molecule has 0 unspecified atom stereocenters. The van der Waals surface area contributed by atoms with Crippen LogP contribution < -0.4 is 11.1 Å². The van der Waals surface area contributed by atoms with Crippen molar-refractivity contribution in [2.75, 3.05) is 6.54 Å². The zero-order chi connectivity index (χ0) is 22.6. The van der Waals surface area contributed by atoms with Gasteiger partial charge in [0, 0.05) is 17.5 Å². The second-order valence-corrected chi connectivity index (χ2v) is 8.10. The second-order valence-electron chi connectivity index (χ2n) is 8.10. The maximum atomic E-state index is 13.3. The Morgan fingerprint density at radius 3 is 2.25 bits per heavy atom. The Hall–Kier alpha value is -3.99. The highest BCUT2D eigenvalue weighted by Gasteiger charge is 2.34. The largest absolute Gasteiger partial charge is 0.368 e. The van der Waals surface area contributed by atoms with Gasteiger partial charge < -0.3 is 11.1 Å². The minimum absolute atomic E-state index is 0.302. The number of primary amides is 1. The summed E-state index contributed by atoms with van der Waals surface area (Å²) in [5.41, 5.74) is 9.52. The van der Waals surface area contributed by atoms with Gasteiger partial charge in [-0.1, -0.05) is 78.9 Å². The van der Waals surface area contributed by atoms with E-state index in [0.717, 1.165) is 28.0 Å². The van der Waals surface area contributed by atoms with E-state index in [1.165, 1.54) is 0 Å². The number of hydrogen-bond acceptors (Lipinski definition) is 3. The normalized spacial score (nSPS) is 14.8. The number of nitrogens with one attached hydrogen (secondary N) is 1. The number of hydrogen-bond donors (Lipinski definition) is 2. The molecule has 0 saturated carbocycles. The third-order valence-corrected chi connectivity index (χ3v) is 5.66. The fraction of sp³-hybridized carbons (Fsp3) is 0.148. The molecule has 3 aromatic carbocycles. The van der Waals surface area contributed by atoms with Crippen molar-refractivity contribution >= 4 is 23.1 Å². The first kappa shape index (κ1) is 21.2. The molecule has 160 valence electrons. The summed E-state index contributed by atoms with van der Waals surface area (Å²) < 4.78 is 0. The van der Waals surface area contributed by atoms with Crippen LogP contribution in [-0.4, -0.2) is 29.6 Å². The van der Waals surface area contributed by atoms with Crippen molar-refractivity contribution in [1.29, 1.82) is 0 Å². The minimum Gasteiger partial charge on any atom is -0.368 e. The standard InChI is InChI=1S/C27H25N3O2/c1-27(26(28)32,17-19-10-4-2-5-11-19)30-25(31)23-15-9-8-14-22(23)24-16-21(18-29-24)20-12-6-3-7-13-20/h2-16H,17-18H2,1H3,(H2,28,32)(H,30,31)/t27-/m1/s1. The molecule has 1 atom stereocenters. The summed E-state index contributed by atoms with van der Waals surface area (Å²) in [6.45, 7) is 2.21. The first-order chi connectivity index (χ1) is 15.5. The molecule has 4 rings (SSSR count). The van der Waals surface area contributed by atoms with Gasteiger partial charge in [0.15, 0.2) is 0 Å². The van der Waals surface area contributed by atoms with Crippen LogP contribution in [0.1, 0.15) is 34.0 Å². The van der Waals surface area contributed by atoms with E-state index in [1.54, 1.807) is 19.1 Å². The third-order valence-electron chi connectivity index (χ3n) is 5.66. The van der Waals surface area contributed by atoms with Gasteiger partial charge in [0.05, 0.1) is 12.3 Å². The molecule has 0 aliphatic carbocycles. The van der Waals surface area contributed by atoms with Crippen LogP contribution in [0.2, 0.25) is 0 Å². The summed E-state index contributed by atoms with van der Waals surface area (Å²) in [6.07, 6.45) is 2.31. The lowest BCUT2D eigenvalue weighted by Gasteiger charge is -2.28. The van der Waals surface area contributed by atoms with Gasteiger partial charge in [-0.2, -0.15) is 0 Å². The Bertz CT molecular complexity index is 1200. The third kappa shape index (κ3) is 4.52. The number of benzene rings is 3. The molecule has 3 aromatic rings. The molecule has 0 bridgehead atoms. The lowest BCUT2D eigenvalue weighted by molar-refractivity contribution is -0.123. The molecule has 0 spiro atoms. The number of allylic oxidation sites excluding steroid dienone is 1. The molecule has 2 amide bonds. The van der Waals surface area contributed by atoms with Crippen LogP contribution in [0.5, 0.6) is 0 Å². The van der Waals surface area contributed by atoms with Crippen molar-refractivity contribution in [3.05, 3.63) is 113 Å². The smallest absolute Gasteiger partial charge is 0.252 e. The first-order valence-corrected chi connectivity index (χ1v) is 10.5. The molecule has 3 N–H and O–H groups in total. The Morgan fingerprint density at radius 1 is 0.938 bits per heavy atom. The van der Waals surface area contributed by atoms with Crippen LogP contribution in [0.25, 0.3) is 5.57 Å². The fourth-order valence-corrected chi connectivity index (χ4v) is 3.84. The average molecular weight is 424 g/mol. The van der Waals surface area contributed by atoms with Gasteiger partial charge in [0.2, 0.25) is 5.91 Å². The summed E-state index contributed by atoms with van der Waals surface area (Å²) in [7, 11) is 0. The zero-order valence-electron chi connectivity index (χ0n) is 17.9. The van der Waals surface area contributed by atoms with Crippen LogP contribution >= 0.6 is 0 Å². The molecule has 1 aliphatic heterocycles. The molecule has 32 heavy (non-hydrogen) atoms. The number of carbonyl (C=O) groups excluding carboxylic acids is 2. The monoisotopic (exact) mass is 423 g/mol. The topological polar surface area (TPSA) is 84.6 Å². The predicted octanol–water partition coefficient (Wildman–Crippen LogP) is 3.79. The van der Waals surface area contributed by atoms with E-state index in [0.29, 0.717) is 18.5 Å². The molecule has 1 aliphatic rings. The van der Waals surface area contributed by atoms with Gasteiger partial charge in [0.25, 0.3) is 5.91 Å². The Morgan fingerprint density at radius 2 is 1.56 bits per heavy atom. The highest BCUT2D eigenvalue weighted by molar-refractivity contribution is 6.19. The predicted molar refractivity (Wildman–Crippen MR) is 127 cm³/mol. The SMILES string of the molecule is C[C@](Cc1ccccc1)(NC(=O)c1ccccc1C1=NCC(c2ccccc2)=C1)C(N)=O. The number of rotatable bonds is 7. The summed E-state index contributed by atoms with van der Waals surface area (Å²) in [5.74, 6) is -0.946. The van der Waals surface area contributed by atoms with E-state index >= 15 is 0 Å². The van der Waals surface area contributed by atoms with E-state index in [1.807, 2.05) is 78.9 Å². The van der Waals surface area contributed by atoms with Crippen molar-refractivity contribution in [3.63, 3.8) is 0 Å². The van der Waals surface area contributed by atoms with Crippen molar-refractivity contribution in [3.8, 4) is 0 Å². The molecule has 0 aromatic heterocycles. The molecule has 5 heteroatoms. The van der Waals surface area contributed by atoms with Crippen LogP contribution in [0.3, 0.4) is 0 Å². The van der Waals surface area contributed by atoms with Crippen molar-refractivity contribution < 1.29 is 9.59 Å². The van der Waals surface area contributed by atoms with Gasteiger partial charge in [-0.15, -0.1) is 0 Å². The van der Waals surface area contributed by atoms with Crippen LogP contribution in [0, 0.1) is 0 Å². The van der Waals surface area contributed by atoms with Gasteiger partial charge in [-0.05, 0) is 35.8 Å². The maximum Gasteiger partial charge on any atom is 0.252 e. The molecule has 0 fully saturated rings. The lowest BCUT2D eigenvalue weighted by atomic mass is 9.91. The first-order valence-electron chi connectivity index (χ1n) is 10.5. The molecule has 1 heterocycles. The van der Waals surface area contributed by atoms with Crippen LogP contribution in [-0.2, 0) is 11.2 Å². The highest BCUT2D eigenvalue weighted by atomic mass is 16.2. The van der Waals surface area contributed by atoms with Crippen molar-refractivity contribution in [2.45, 2.75) is 18.9 Å². The van der Waals surface area contributed by atoms with Crippen LogP contribution in [0.4, 0.5) is 0 Å². The molecule has 0 saturated heterocycles. The van der Waals surface area contributed by atoms with E-state index in [4.69, 9.17) is 5.73 Å². The number of carbonyl (C=O) groups is 2. The number of nitrogens with zero attached hydrogens (tertiary/aromatic N) is 1. The maximum absolute atomic E-state index is 13.3. The Labute approximate surface area is 187 Å². The fourth-order valence-electron chi connectivity index (χ4n) is 3.84. The zero-order valence-corrected chi connectivity index (χ0v) is 17.9. The van der Waals surface area contributed by atoms with Crippen LogP contribution in [0.15, 0.2) is 96.0 Å². The average Bonchev–Trinajstić information content (AvgIpc) is 3.30. The quantitative estimate of drug-likeness (QED) is 0.606. The molecular weight excluding hydrogens is 398 g/mol. The lowest BCUT2D eigenvalue weighted by Crippen LogP contribution is -2.57. The molecular formula is C27H25N3O2. The summed E-state index contributed by atoms with van der Waals surface area (Å²) in [4.78, 5) is 30.3. The van der Waals surface area contributed by atoms with Gasteiger partial charge >= 0.3 is 0 Å².